The van der Waals surface area contributed by atoms with Gasteiger partial charge in [0.2, 0.25) is 0 Å². The van der Waals surface area contributed by atoms with Gasteiger partial charge in [0.25, 0.3) is 0 Å². The molecule has 0 aromatic heterocycles. The first kappa shape index (κ1) is 62.4. The van der Waals surface area contributed by atoms with Crippen LogP contribution in [0.2, 0.25) is 0 Å². The summed E-state index contributed by atoms with van der Waals surface area (Å²) in [4.78, 5) is 38.1. The smallest absolute Gasteiger partial charge is 0.306 e. The molecule has 65 heavy (non-hydrogen) atoms. The Morgan fingerprint density at radius 3 is 0.892 bits per heavy atom. The van der Waals surface area contributed by atoms with Crippen molar-refractivity contribution in [3.63, 3.8) is 0 Å². The largest absolute Gasteiger partial charge is 0.462 e. The van der Waals surface area contributed by atoms with E-state index in [0.717, 1.165) is 83.5 Å². The van der Waals surface area contributed by atoms with E-state index in [1.807, 2.05) is 0 Å². The van der Waals surface area contributed by atoms with E-state index in [0.29, 0.717) is 19.3 Å². The van der Waals surface area contributed by atoms with Gasteiger partial charge in [0.05, 0.1) is 0 Å². The van der Waals surface area contributed by atoms with Crippen LogP contribution in [-0.2, 0) is 28.6 Å². The number of allylic oxidation sites excluding steroid dienone is 8. The first-order chi connectivity index (χ1) is 32.0. The van der Waals surface area contributed by atoms with Gasteiger partial charge in [-0.3, -0.25) is 14.4 Å². The molecule has 0 bridgehead atoms. The summed E-state index contributed by atoms with van der Waals surface area (Å²) in [6, 6.07) is 0. The lowest BCUT2D eigenvalue weighted by molar-refractivity contribution is -0.167. The third kappa shape index (κ3) is 52.2. The van der Waals surface area contributed by atoms with Crippen molar-refractivity contribution in [2.24, 2.45) is 0 Å². The van der Waals surface area contributed by atoms with Gasteiger partial charge in [-0.25, -0.2) is 0 Å². The van der Waals surface area contributed by atoms with Crippen LogP contribution in [0.25, 0.3) is 0 Å². The van der Waals surface area contributed by atoms with Crippen molar-refractivity contribution in [2.45, 2.75) is 297 Å². The molecule has 1 atom stereocenters. The minimum absolute atomic E-state index is 0.0792. The van der Waals surface area contributed by atoms with Crippen LogP contribution in [-0.4, -0.2) is 37.2 Å². The van der Waals surface area contributed by atoms with Crippen molar-refractivity contribution in [3.05, 3.63) is 48.6 Å². The summed E-state index contributed by atoms with van der Waals surface area (Å²) in [5.41, 5.74) is 0. The topological polar surface area (TPSA) is 78.9 Å². The summed E-state index contributed by atoms with van der Waals surface area (Å²) in [5, 5.41) is 0. The van der Waals surface area contributed by atoms with Crippen LogP contribution in [0.5, 0.6) is 0 Å². The maximum Gasteiger partial charge on any atom is 0.306 e. The standard InChI is InChI=1S/C59H106O6/c1-4-7-10-13-16-19-22-25-27-29-30-31-33-34-37-40-43-46-49-52-58(61)64-55-56(54-63-57(60)51-48-45-42-39-36-24-21-18-15-12-9-6-3)65-59(62)53-50-47-44-41-38-35-32-28-26-23-20-17-14-11-8-5-2/h16,19,25,27,30-31,34,37,56H,4-15,17-18,20-24,26,28-29,32-33,35-36,38-55H2,1-3H3/b19-16-,27-25-,31-30-,37-34-/t56-/m1/s1. The maximum atomic E-state index is 12.8. The van der Waals surface area contributed by atoms with Gasteiger partial charge in [0, 0.05) is 19.3 Å². The van der Waals surface area contributed by atoms with Gasteiger partial charge in [-0.05, 0) is 64.2 Å². The second-order valence-corrected chi connectivity index (χ2v) is 18.9. The van der Waals surface area contributed by atoms with Crippen LogP contribution in [0.15, 0.2) is 48.6 Å². The molecular formula is C59H106O6. The average Bonchev–Trinajstić information content (AvgIpc) is 3.30. The van der Waals surface area contributed by atoms with Crippen LogP contribution in [0.1, 0.15) is 290 Å². The predicted octanol–water partition coefficient (Wildman–Crippen LogP) is 18.7. The zero-order valence-electron chi connectivity index (χ0n) is 43.3. The fraction of sp³-hybridized carbons (Fsp3) is 0.814. The summed E-state index contributed by atoms with van der Waals surface area (Å²) in [7, 11) is 0. The van der Waals surface area contributed by atoms with Gasteiger partial charge >= 0.3 is 17.9 Å². The SMILES string of the molecule is CCCCC/C=C\C/C=C\C/C=C\C/C=C\CCCCCC(=O)OC[C@@H](COC(=O)CCCCCCCCCCCCCC)OC(=O)CCCCCCCCCCCCCCCCCC. The minimum atomic E-state index is -0.782. The maximum absolute atomic E-state index is 12.8. The van der Waals surface area contributed by atoms with Crippen molar-refractivity contribution in [1.29, 1.82) is 0 Å². The summed E-state index contributed by atoms with van der Waals surface area (Å²) >= 11 is 0. The van der Waals surface area contributed by atoms with E-state index in [1.54, 1.807) is 0 Å². The Bertz CT molecular complexity index is 1140. The molecule has 0 radical (unpaired) electrons. The number of unbranched alkanes of at least 4 members (excludes halogenated alkanes) is 32. The Kier molecular flexibility index (Phi) is 51.8. The lowest BCUT2D eigenvalue weighted by Crippen LogP contribution is -2.30. The van der Waals surface area contributed by atoms with Gasteiger partial charge in [-0.1, -0.05) is 256 Å². The highest BCUT2D eigenvalue weighted by Crippen LogP contribution is 2.16. The fourth-order valence-electron chi connectivity index (χ4n) is 8.07. The van der Waals surface area contributed by atoms with Crippen LogP contribution >= 0.6 is 0 Å². The van der Waals surface area contributed by atoms with E-state index in [1.165, 1.54) is 167 Å². The number of rotatable bonds is 51. The van der Waals surface area contributed by atoms with Crippen LogP contribution in [0.3, 0.4) is 0 Å². The highest BCUT2D eigenvalue weighted by atomic mass is 16.6. The van der Waals surface area contributed by atoms with E-state index in [4.69, 9.17) is 14.2 Å². The number of esters is 3. The molecule has 0 spiro atoms. The molecule has 0 saturated heterocycles. The van der Waals surface area contributed by atoms with Crippen molar-refractivity contribution >= 4 is 17.9 Å². The molecule has 378 valence electrons. The first-order valence-corrected chi connectivity index (χ1v) is 28.1. The van der Waals surface area contributed by atoms with Crippen LogP contribution < -0.4 is 0 Å². The Hall–Kier alpha value is -2.63. The quantitative estimate of drug-likeness (QED) is 0.0262. The third-order valence-corrected chi connectivity index (χ3v) is 12.3. The molecule has 6 nitrogen and oxygen atoms in total. The molecule has 6 heteroatoms. The number of carbonyl (C=O) groups excluding carboxylic acids is 3. The van der Waals surface area contributed by atoms with Gasteiger partial charge in [0.15, 0.2) is 6.10 Å². The van der Waals surface area contributed by atoms with E-state index in [9.17, 15) is 14.4 Å². The molecule has 0 aliphatic heterocycles. The van der Waals surface area contributed by atoms with Crippen LogP contribution in [0.4, 0.5) is 0 Å². The second kappa shape index (κ2) is 54.0. The van der Waals surface area contributed by atoms with Crippen molar-refractivity contribution in [3.8, 4) is 0 Å². The van der Waals surface area contributed by atoms with Crippen molar-refractivity contribution in [2.75, 3.05) is 13.2 Å². The Labute approximate surface area is 403 Å². The van der Waals surface area contributed by atoms with E-state index >= 15 is 0 Å². The number of ether oxygens (including phenoxy) is 3. The summed E-state index contributed by atoms with van der Waals surface area (Å²) in [6.07, 6.45) is 65.2. The highest BCUT2D eigenvalue weighted by molar-refractivity contribution is 5.71. The molecule has 0 rings (SSSR count). The van der Waals surface area contributed by atoms with Crippen molar-refractivity contribution in [1.82, 2.24) is 0 Å². The molecule has 0 aromatic rings. The predicted molar refractivity (Wildman–Crippen MR) is 279 cm³/mol. The zero-order chi connectivity index (χ0) is 47.2. The van der Waals surface area contributed by atoms with Gasteiger partial charge in [-0.15, -0.1) is 0 Å². The molecule has 0 amide bonds. The molecule has 0 aromatic carbocycles. The number of hydrogen-bond acceptors (Lipinski definition) is 6. The molecule has 0 aliphatic carbocycles. The Balaban J connectivity index is 4.39. The Morgan fingerprint density at radius 1 is 0.308 bits per heavy atom. The van der Waals surface area contributed by atoms with E-state index < -0.39 is 6.10 Å². The summed E-state index contributed by atoms with van der Waals surface area (Å²) in [5.74, 6) is -0.897. The average molecular weight is 911 g/mol. The normalized spacial score (nSPS) is 12.4. The number of carbonyl (C=O) groups is 3. The van der Waals surface area contributed by atoms with Gasteiger partial charge in [0.1, 0.15) is 13.2 Å². The first-order valence-electron chi connectivity index (χ1n) is 28.1. The molecule has 0 unspecified atom stereocenters. The second-order valence-electron chi connectivity index (χ2n) is 18.9. The van der Waals surface area contributed by atoms with Gasteiger partial charge in [-0.2, -0.15) is 0 Å². The molecule has 0 N–H and O–H groups in total. The summed E-state index contributed by atoms with van der Waals surface area (Å²) in [6.45, 7) is 6.61. The third-order valence-electron chi connectivity index (χ3n) is 12.3. The zero-order valence-corrected chi connectivity index (χ0v) is 43.3. The lowest BCUT2D eigenvalue weighted by atomic mass is 10.0. The molecule has 0 heterocycles. The highest BCUT2D eigenvalue weighted by Gasteiger charge is 2.19. The van der Waals surface area contributed by atoms with E-state index in [-0.39, 0.29) is 31.1 Å². The minimum Gasteiger partial charge on any atom is -0.462 e. The van der Waals surface area contributed by atoms with Crippen molar-refractivity contribution < 1.29 is 28.6 Å². The molecule has 0 saturated carbocycles. The summed E-state index contributed by atoms with van der Waals surface area (Å²) < 4.78 is 16.8. The molecular weight excluding hydrogens is 805 g/mol. The van der Waals surface area contributed by atoms with E-state index in [2.05, 4.69) is 69.4 Å². The molecule has 0 fully saturated rings. The lowest BCUT2D eigenvalue weighted by Gasteiger charge is -2.18. The molecule has 0 aliphatic rings. The Morgan fingerprint density at radius 2 is 0.554 bits per heavy atom. The number of hydrogen-bond donors (Lipinski definition) is 0. The fourth-order valence-corrected chi connectivity index (χ4v) is 8.07. The van der Waals surface area contributed by atoms with Crippen LogP contribution in [0, 0.1) is 0 Å². The monoisotopic (exact) mass is 911 g/mol. The van der Waals surface area contributed by atoms with Gasteiger partial charge < -0.3 is 14.2 Å².